The Hall–Kier alpha value is -0.570. The quantitative estimate of drug-likeness (QED) is 0.234. The van der Waals surface area contributed by atoms with E-state index in [0.717, 1.165) is 19.4 Å². The van der Waals surface area contributed by atoms with Crippen LogP contribution in [0.15, 0.2) is 0 Å². The SMILES string of the molecule is CCCCCCCCCCCCCCCCC(CC1CO1)C(=O)O. The van der Waals surface area contributed by atoms with Gasteiger partial charge in [-0.2, -0.15) is 0 Å². The predicted octanol–water partition coefficient (Wildman–Crippen LogP) is 6.35. The second-order valence-corrected chi connectivity index (χ2v) is 7.61. The van der Waals surface area contributed by atoms with Gasteiger partial charge in [-0.3, -0.25) is 4.79 Å². The van der Waals surface area contributed by atoms with E-state index in [1.165, 1.54) is 83.5 Å². The van der Waals surface area contributed by atoms with Crippen molar-refractivity contribution >= 4 is 5.97 Å². The molecule has 1 N–H and O–H groups in total. The standard InChI is InChI=1S/C21H40O3/c1-2-3-4-5-6-7-8-9-10-11-12-13-14-15-16-19(21(22)23)17-20-18-24-20/h19-20H,2-18H2,1H3,(H,22,23). The van der Waals surface area contributed by atoms with Gasteiger partial charge < -0.3 is 9.84 Å². The molecule has 1 fully saturated rings. The Morgan fingerprint density at radius 3 is 1.67 bits per heavy atom. The van der Waals surface area contributed by atoms with E-state index in [1.807, 2.05) is 0 Å². The van der Waals surface area contributed by atoms with Crippen molar-refractivity contribution in [3.05, 3.63) is 0 Å². The third-order valence-corrected chi connectivity index (χ3v) is 5.21. The molecule has 3 nitrogen and oxygen atoms in total. The highest BCUT2D eigenvalue weighted by Gasteiger charge is 2.29. The lowest BCUT2D eigenvalue weighted by atomic mass is 9.96. The van der Waals surface area contributed by atoms with Gasteiger partial charge >= 0.3 is 5.97 Å². The van der Waals surface area contributed by atoms with E-state index >= 15 is 0 Å². The van der Waals surface area contributed by atoms with Crippen LogP contribution in [-0.2, 0) is 9.53 Å². The van der Waals surface area contributed by atoms with Gasteiger partial charge in [0.1, 0.15) is 0 Å². The van der Waals surface area contributed by atoms with Crippen LogP contribution in [0, 0.1) is 5.92 Å². The Bertz CT molecular complexity index is 299. The fourth-order valence-corrected chi connectivity index (χ4v) is 3.45. The summed E-state index contributed by atoms with van der Waals surface area (Å²) in [4.78, 5) is 11.2. The van der Waals surface area contributed by atoms with Crippen molar-refractivity contribution in [1.29, 1.82) is 0 Å². The number of aliphatic carboxylic acids is 1. The Labute approximate surface area is 149 Å². The Morgan fingerprint density at radius 1 is 0.875 bits per heavy atom. The van der Waals surface area contributed by atoms with E-state index in [-0.39, 0.29) is 12.0 Å². The number of hydrogen-bond acceptors (Lipinski definition) is 2. The first-order chi connectivity index (χ1) is 11.7. The molecule has 0 spiro atoms. The lowest BCUT2D eigenvalue weighted by molar-refractivity contribution is -0.142. The molecule has 3 heteroatoms. The van der Waals surface area contributed by atoms with Crippen molar-refractivity contribution in [2.45, 2.75) is 116 Å². The Kier molecular flexibility index (Phi) is 13.2. The van der Waals surface area contributed by atoms with Crippen molar-refractivity contribution in [2.75, 3.05) is 6.61 Å². The first-order valence-corrected chi connectivity index (χ1v) is 10.6. The van der Waals surface area contributed by atoms with E-state index in [0.29, 0.717) is 6.42 Å². The number of hydrogen-bond donors (Lipinski definition) is 1. The van der Waals surface area contributed by atoms with Gasteiger partial charge in [0, 0.05) is 0 Å². The van der Waals surface area contributed by atoms with E-state index in [4.69, 9.17) is 4.74 Å². The van der Waals surface area contributed by atoms with E-state index < -0.39 is 5.97 Å². The zero-order valence-corrected chi connectivity index (χ0v) is 15.9. The highest BCUT2D eigenvalue weighted by atomic mass is 16.6. The Balaban J connectivity index is 1.77. The largest absolute Gasteiger partial charge is 0.481 e. The Morgan fingerprint density at radius 2 is 1.29 bits per heavy atom. The molecule has 142 valence electrons. The van der Waals surface area contributed by atoms with Crippen LogP contribution in [-0.4, -0.2) is 23.8 Å². The van der Waals surface area contributed by atoms with Gasteiger partial charge in [-0.25, -0.2) is 0 Å². The number of epoxide rings is 1. The fraction of sp³-hybridized carbons (Fsp3) is 0.952. The highest BCUT2D eigenvalue weighted by Crippen LogP contribution is 2.24. The van der Waals surface area contributed by atoms with Crippen LogP contribution in [0.25, 0.3) is 0 Å². The molecule has 0 amide bonds. The second kappa shape index (κ2) is 14.7. The lowest BCUT2D eigenvalue weighted by Gasteiger charge is -2.10. The van der Waals surface area contributed by atoms with Crippen molar-refractivity contribution in [3.63, 3.8) is 0 Å². The van der Waals surface area contributed by atoms with Crippen LogP contribution in [0.4, 0.5) is 0 Å². The van der Waals surface area contributed by atoms with Crippen LogP contribution >= 0.6 is 0 Å². The number of unbranched alkanes of at least 4 members (excludes halogenated alkanes) is 13. The van der Waals surface area contributed by atoms with E-state index in [9.17, 15) is 9.90 Å². The van der Waals surface area contributed by atoms with Crippen molar-refractivity contribution in [1.82, 2.24) is 0 Å². The topological polar surface area (TPSA) is 49.8 Å². The maximum atomic E-state index is 11.2. The average molecular weight is 341 g/mol. The van der Waals surface area contributed by atoms with Crippen molar-refractivity contribution < 1.29 is 14.6 Å². The highest BCUT2D eigenvalue weighted by molar-refractivity contribution is 5.69. The zero-order chi connectivity index (χ0) is 17.5. The van der Waals surface area contributed by atoms with Crippen LogP contribution in [0.2, 0.25) is 0 Å². The fourth-order valence-electron chi connectivity index (χ4n) is 3.45. The molecule has 2 atom stereocenters. The third-order valence-electron chi connectivity index (χ3n) is 5.21. The molecular weight excluding hydrogens is 300 g/mol. The van der Waals surface area contributed by atoms with Gasteiger partial charge in [0.25, 0.3) is 0 Å². The number of carboxylic acids is 1. The summed E-state index contributed by atoms with van der Waals surface area (Å²) in [7, 11) is 0. The molecule has 1 aliphatic heterocycles. The summed E-state index contributed by atoms with van der Waals surface area (Å²) in [6.07, 6.45) is 20.6. The second-order valence-electron chi connectivity index (χ2n) is 7.61. The first kappa shape index (κ1) is 21.5. The van der Waals surface area contributed by atoms with Gasteiger partial charge in [0.05, 0.1) is 18.6 Å². The minimum Gasteiger partial charge on any atom is -0.481 e. The van der Waals surface area contributed by atoms with Gasteiger partial charge in [0.15, 0.2) is 0 Å². The van der Waals surface area contributed by atoms with Crippen molar-refractivity contribution in [2.24, 2.45) is 5.92 Å². The molecule has 0 aromatic heterocycles. The normalized spacial score (nSPS) is 17.8. The van der Waals surface area contributed by atoms with Gasteiger partial charge in [-0.05, 0) is 12.8 Å². The van der Waals surface area contributed by atoms with Crippen LogP contribution in [0.1, 0.15) is 110 Å². The molecule has 1 aliphatic rings. The molecule has 1 saturated heterocycles. The third kappa shape index (κ3) is 12.8. The molecular formula is C21H40O3. The summed E-state index contributed by atoms with van der Waals surface area (Å²) >= 11 is 0. The maximum absolute atomic E-state index is 11.2. The van der Waals surface area contributed by atoms with Gasteiger partial charge in [-0.1, -0.05) is 96.8 Å². The van der Waals surface area contributed by atoms with Crippen LogP contribution < -0.4 is 0 Å². The lowest BCUT2D eigenvalue weighted by Crippen LogP contribution is -2.15. The maximum Gasteiger partial charge on any atom is 0.306 e. The molecule has 1 heterocycles. The summed E-state index contributed by atoms with van der Waals surface area (Å²) in [6, 6.07) is 0. The molecule has 0 aromatic rings. The monoisotopic (exact) mass is 340 g/mol. The van der Waals surface area contributed by atoms with E-state index in [1.54, 1.807) is 0 Å². The minimum absolute atomic E-state index is 0.185. The molecule has 0 aromatic carbocycles. The van der Waals surface area contributed by atoms with Crippen LogP contribution in [0.3, 0.4) is 0 Å². The summed E-state index contributed by atoms with van der Waals surface area (Å²) in [5.74, 6) is -0.824. The molecule has 0 aliphatic carbocycles. The summed E-state index contributed by atoms with van der Waals surface area (Å²) in [5.41, 5.74) is 0. The first-order valence-electron chi connectivity index (χ1n) is 10.6. The minimum atomic E-state index is -0.639. The molecule has 2 unspecified atom stereocenters. The average Bonchev–Trinajstić information content (AvgIpc) is 3.38. The number of ether oxygens (including phenoxy) is 1. The summed E-state index contributed by atoms with van der Waals surface area (Å²) in [6.45, 7) is 3.04. The van der Waals surface area contributed by atoms with Gasteiger partial charge in [-0.15, -0.1) is 0 Å². The number of carboxylic acid groups (broad SMARTS) is 1. The molecule has 0 saturated carbocycles. The number of rotatable bonds is 18. The molecule has 24 heavy (non-hydrogen) atoms. The molecule has 0 bridgehead atoms. The van der Waals surface area contributed by atoms with Gasteiger partial charge in [0.2, 0.25) is 0 Å². The summed E-state index contributed by atoms with van der Waals surface area (Å²) < 4.78 is 5.15. The zero-order valence-electron chi connectivity index (χ0n) is 15.9. The predicted molar refractivity (Wildman–Crippen MR) is 100 cm³/mol. The van der Waals surface area contributed by atoms with Crippen LogP contribution in [0.5, 0.6) is 0 Å². The van der Waals surface area contributed by atoms with E-state index in [2.05, 4.69) is 6.92 Å². The smallest absolute Gasteiger partial charge is 0.306 e. The molecule has 0 radical (unpaired) electrons. The number of carbonyl (C=O) groups is 1. The molecule has 1 rings (SSSR count). The van der Waals surface area contributed by atoms with Crippen molar-refractivity contribution in [3.8, 4) is 0 Å². The summed E-state index contributed by atoms with van der Waals surface area (Å²) in [5, 5.41) is 9.20.